The number of hydrogen-bond donors (Lipinski definition) is 2. The summed E-state index contributed by atoms with van der Waals surface area (Å²) in [7, 11) is -4.00. The lowest BCUT2D eigenvalue weighted by Gasteiger charge is -2.14. The van der Waals surface area contributed by atoms with Crippen molar-refractivity contribution < 1.29 is 22.4 Å². The molecule has 0 saturated carbocycles. The van der Waals surface area contributed by atoms with E-state index in [-0.39, 0.29) is 44.3 Å². The van der Waals surface area contributed by atoms with Gasteiger partial charge >= 0.3 is 0 Å². The third-order valence-corrected chi connectivity index (χ3v) is 8.98. The number of carbonyl (C=O) groups is 2. The van der Waals surface area contributed by atoms with Gasteiger partial charge in [-0.05, 0) is 54.4 Å². The van der Waals surface area contributed by atoms with E-state index in [4.69, 9.17) is 5.26 Å². The van der Waals surface area contributed by atoms with Crippen LogP contribution >= 0.6 is 11.3 Å². The van der Waals surface area contributed by atoms with Crippen LogP contribution in [0.2, 0.25) is 0 Å². The fourth-order valence-electron chi connectivity index (χ4n) is 4.18. The van der Waals surface area contributed by atoms with E-state index < -0.39 is 27.5 Å². The summed E-state index contributed by atoms with van der Waals surface area (Å²) in [5.74, 6) is -1.60. The van der Waals surface area contributed by atoms with Gasteiger partial charge in [0, 0.05) is 22.2 Å². The van der Waals surface area contributed by atoms with E-state index in [1.807, 2.05) is 6.07 Å². The highest BCUT2D eigenvalue weighted by atomic mass is 32.2. The van der Waals surface area contributed by atoms with Crippen LogP contribution in [0.3, 0.4) is 0 Å². The first-order valence-electron chi connectivity index (χ1n) is 11.5. The van der Waals surface area contributed by atoms with Gasteiger partial charge in [0.15, 0.2) is 0 Å². The Kier molecular flexibility index (Phi) is 6.52. The minimum Gasteiger partial charge on any atom is -0.347 e. The molecule has 2 N–H and O–H groups in total. The second kappa shape index (κ2) is 9.81. The predicted octanol–water partition coefficient (Wildman–Crippen LogP) is 4.71. The molecule has 1 aromatic heterocycles. The van der Waals surface area contributed by atoms with Gasteiger partial charge in [-0.25, -0.2) is 17.8 Å². The minimum atomic E-state index is -4.00. The Labute approximate surface area is 221 Å². The van der Waals surface area contributed by atoms with Gasteiger partial charge in [-0.2, -0.15) is 5.26 Å². The standard InChI is InChI=1S/C27H19FN4O4S2/c1-2-16-10-24-22(32-26(34)19-5-3-4-6-23(19)38(24,35)36)11-20(16)25(33)30-13-17-14-31-27(37-17)18-8-7-15(12-29)9-21(18)28/h3-11,14H,2,13H2,1H3,(H,30,33)(H,32,34). The lowest BCUT2D eigenvalue weighted by atomic mass is 10.0. The van der Waals surface area contributed by atoms with Gasteiger partial charge in [0.2, 0.25) is 9.84 Å². The van der Waals surface area contributed by atoms with E-state index in [9.17, 15) is 22.4 Å². The minimum absolute atomic E-state index is 0.0323. The molecule has 3 aromatic carbocycles. The number of sulfone groups is 1. The Balaban J connectivity index is 1.41. The van der Waals surface area contributed by atoms with Gasteiger partial charge in [0.1, 0.15) is 10.8 Å². The summed E-state index contributed by atoms with van der Waals surface area (Å²) in [6, 6.07) is 14.8. The number of nitrogens with one attached hydrogen (secondary N) is 2. The molecule has 38 heavy (non-hydrogen) atoms. The van der Waals surface area contributed by atoms with E-state index in [1.165, 1.54) is 53.9 Å². The highest BCUT2D eigenvalue weighted by molar-refractivity contribution is 7.91. The van der Waals surface area contributed by atoms with E-state index >= 15 is 0 Å². The molecule has 0 radical (unpaired) electrons. The van der Waals surface area contributed by atoms with Crippen LogP contribution in [0.15, 0.2) is 70.6 Å². The molecule has 4 aromatic rings. The van der Waals surface area contributed by atoms with Crippen LogP contribution in [0, 0.1) is 17.1 Å². The van der Waals surface area contributed by atoms with E-state index in [0.29, 0.717) is 21.9 Å². The molecule has 1 aliphatic rings. The Morgan fingerprint density at radius 1 is 1.13 bits per heavy atom. The summed E-state index contributed by atoms with van der Waals surface area (Å²) in [5, 5.41) is 14.7. The number of rotatable bonds is 5. The largest absolute Gasteiger partial charge is 0.347 e. The molecule has 2 amide bonds. The zero-order chi connectivity index (χ0) is 27.0. The van der Waals surface area contributed by atoms with Crippen molar-refractivity contribution in [2.24, 2.45) is 0 Å². The summed E-state index contributed by atoms with van der Waals surface area (Å²) in [5.41, 5.74) is 1.26. The summed E-state index contributed by atoms with van der Waals surface area (Å²) < 4.78 is 41.1. The molecule has 11 heteroatoms. The number of aryl methyl sites for hydroxylation is 1. The average molecular weight is 547 g/mol. The van der Waals surface area contributed by atoms with Crippen molar-refractivity contribution in [1.29, 1.82) is 5.26 Å². The maximum atomic E-state index is 14.4. The molecule has 0 atom stereocenters. The third kappa shape index (κ3) is 4.44. The first kappa shape index (κ1) is 25.3. The predicted molar refractivity (Wildman–Crippen MR) is 139 cm³/mol. The van der Waals surface area contributed by atoms with Crippen molar-refractivity contribution in [3.05, 3.63) is 93.7 Å². The Morgan fingerprint density at radius 2 is 1.92 bits per heavy atom. The van der Waals surface area contributed by atoms with Crippen molar-refractivity contribution in [3.63, 3.8) is 0 Å². The number of aromatic nitrogens is 1. The molecule has 0 aliphatic carbocycles. The van der Waals surface area contributed by atoms with E-state index in [0.717, 1.165) is 6.07 Å². The number of nitriles is 1. The number of thiazole rings is 1. The van der Waals surface area contributed by atoms with Gasteiger partial charge in [0.25, 0.3) is 11.8 Å². The first-order valence-corrected chi connectivity index (χ1v) is 13.8. The monoisotopic (exact) mass is 546 g/mol. The lowest BCUT2D eigenvalue weighted by Crippen LogP contribution is -2.24. The van der Waals surface area contributed by atoms with Gasteiger partial charge in [0.05, 0.1) is 39.2 Å². The first-order chi connectivity index (χ1) is 18.2. The van der Waals surface area contributed by atoms with Crippen molar-refractivity contribution in [1.82, 2.24) is 10.3 Å². The Bertz CT molecular complexity index is 1770. The quantitative estimate of drug-likeness (QED) is 0.373. The lowest BCUT2D eigenvalue weighted by molar-refractivity contribution is 0.0949. The second-order valence-corrected chi connectivity index (χ2v) is 11.4. The van der Waals surface area contributed by atoms with Crippen molar-refractivity contribution in [3.8, 4) is 16.6 Å². The molecule has 0 spiro atoms. The molecule has 0 fully saturated rings. The average Bonchev–Trinajstić information content (AvgIpc) is 3.37. The van der Waals surface area contributed by atoms with Crippen LogP contribution in [-0.2, 0) is 22.8 Å². The van der Waals surface area contributed by atoms with Crippen molar-refractivity contribution in [2.75, 3.05) is 5.32 Å². The highest BCUT2D eigenvalue weighted by Gasteiger charge is 2.32. The van der Waals surface area contributed by atoms with E-state index in [2.05, 4.69) is 15.6 Å². The molecular weight excluding hydrogens is 527 g/mol. The van der Waals surface area contributed by atoms with Crippen LogP contribution in [0.25, 0.3) is 10.6 Å². The molecule has 0 unspecified atom stereocenters. The SMILES string of the molecule is CCc1cc2c(cc1C(=O)NCc1cnc(-c3ccc(C#N)cc3F)s1)NC(=O)c1ccccc1S2(=O)=O. The molecular formula is C27H19FN4O4S2. The summed E-state index contributed by atoms with van der Waals surface area (Å²) in [6.07, 6.45) is 1.91. The Hall–Kier alpha value is -4.40. The third-order valence-electron chi connectivity index (χ3n) is 6.10. The van der Waals surface area contributed by atoms with Crippen LogP contribution in [-0.4, -0.2) is 25.2 Å². The zero-order valence-corrected chi connectivity index (χ0v) is 21.5. The molecule has 0 bridgehead atoms. The summed E-state index contributed by atoms with van der Waals surface area (Å²) >= 11 is 1.19. The number of amides is 2. The fourth-order valence-corrected chi connectivity index (χ4v) is 6.70. The van der Waals surface area contributed by atoms with Gasteiger partial charge < -0.3 is 10.6 Å². The molecule has 1 aliphatic heterocycles. The smallest absolute Gasteiger partial charge is 0.257 e. The molecule has 190 valence electrons. The number of carbonyl (C=O) groups excluding carboxylic acids is 2. The van der Waals surface area contributed by atoms with Gasteiger partial charge in [-0.3, -0.25) is 9.59 Å². The van der Waals surface area contributed by atoms with Crippen molar-refractivity contribution in [2.45, 2.75) is 29.7 Å². The van der Waals surface area contributed by atoms with E-state index in [1.54, 1.807) is 19.1 Å². The van der Waals surface area contributed by atoms with Gasteiger partial charge in [-0.15, -0.1) is 11.3 Å². The maximum Gasteiger partial charge on any atom is 0.257 e. The molecule has 5 rings (SSSR count). The number of anilines is 1. The zero-order valence-electron chi connectivity index (χ0n) is 19.9. The fraction of sp³-hybridized carbons (Fsp3) is 0.111. The molecule has 8 nitrogen and oxygen atoms in total. The molecule has 2 heterocycles. The summed E-state index contributed by atoms with van der Waals surface area (Å²) in [6.45, 7) is 1.90. The molecule has 0 saturated heterocycles. The van der Waals surface area contributed by atoms with Crippen LogP contribution in [0.1, 0.15) is 43.6 Å². The van der Waals surface area contributed by atoms with Crippen LogP contribution in [0.4, 0.5) is 10.1 Å². The van der Waals surface area contributed by atoms with Crippen LogP contribution in [0.5, 0.6) is 0 Å². The normalized spacial score (nSPS) is 13.4. The number of hydrogen-bond acceptors (Lipinski definition) is 7. The topological polar surface area (TPSA) is 129 Å². The van der Waals surface area contributed by atoms with Crippen molar-refractivity contribution >= 4 is 38.7 Å². The number of halogens is 1. The van der Waals surface area contributed by atoms with Gasteiger partial charge in [-0.1, -0.05) is 19.1 Å². The number of fused-ring (bicyclic) bond motifs is 2. The Morgan fingerprint density at radius 3 is 2.66 bits per heavy atom. The highest BCUT2D eigenvalue weighted by Crippen LogP contribution is 2.36. The second-order valence-electron chi connectivity index (χ2n) is 8.43. The number of nitrogens with zero attached hydrogens (tertiary/aromatic N) is 2. The van der Waals surface area contributed by atoms with Crippen LogP contribution < -0.4 is 10.6 Å². The summed E-state index contributed by atoms with van der Waals surface area (Å²) in [4.78, 5) is 30.6. The maximum absolute atomic E-state index is 14.4. The number of benzene rings is 3.